The molecule has 0 N–H and O–H groups in total. The van der Waals surface area contributed by atoms with Crippen molar-refractivity contribution in [2.45, 2.75) is 49.6 Å². The lowest BCUT2D eigenvalue weighted by Crippen LogP contribution is -2.62. The Bertz CT molecular complexity index is 1030. The first-order valence-corrected chi connectivity index (χ1v) is 11.3. The molecule has 0 radical (unpaired) electrons. The van der Waals surface area contributed by atoms with E-state index in [4.69, 9.17) is 4.74 Å². The van der Waals surface area contributed by atoms with Crippen LogP contribution >= 0.6 is 0 Å². The molecule has 4 nitrogen and oxygen atoms in total. The summed E-state index contributed by atoms with van der Waals surface area (Å²) >= 11 is 0. The molecular formula is C25H26F4N2O2. The monoisotopic (exact) mass is 462 g/mol. The van der Waals surface area contributed by atoms with Crippen LogP contribution in [0.1, 0.15) is 41.6 Å². The molecule has 2 spiro atoms. The zero-order chi connectivity index (χ0) is 23.2. The Morgan fingerprint density at radius 2 is 1.55 bits per heavy atom. The van der Waals surface area contributed by atoms with Crippen LogP contribution in [-0.2, 0) is 11.2 Å². The van der Waals surface area contributed by atoms with Gasteiger partial charge in [0.25, 0.3) is 5.91 Å². The van der Waals surface area contributed by atoms with Gasteiger partial charge >= 0.3 is 0 Å². The van der Waals surface area contributed by atoms with Crippen LogP contribution in [0.5, 0.6) is 0 Å². The number of amides is 1. The molecule has 1 aliphatic carbocycles. The van der Waals surface area contributed by atoms with E-state index in [0.717, 1.165) is 25.0 Å². The van der Waals surface area contributed by atoms with Crippen molar-refractivity contribution in [2.24, 2.45) is 0 Å². The van der Waals surface area contributed by atoms with Crippen molar-refractivity contribution in [3.05, 3.63) is 71.0 Å². The van der Waals surface area contributed by atoms with E-state index < -0.39 is 46.4 Å². The van der Waals surface area contributed by atoms with Crippen LogP contribution in [0.2, 0.25) is 0 Å². The highest BCUT2D eigenvalue weighted by molar-refractivity contribution is 5.95. The summed E-state index contributed by atoms with van der Waals surface area (Å²) in [5.74, 6) is -2.81. The number of halogens is 4. The number of likely N-dealkylation sites (tertiary alicyclic amines) is 1. The van der Waals surface area contributed by atoms with Gasteiger partial charge in [0.1, 0.15) is 23.0 Å². The van der Waals surface area contributed by atoms with E-state index in [9.17, 15) is 22.4 Å². The van der Waals surface area contributed by atoms with Gasteiger partial charge in [-0.1, -0.05) is 18.2 Å². The lowest BCUT2D eigenvalue weighted by molar-refractivity contribution is -0.184. The second-order valence-electron chi connectivity index (χ2n) is 9.53. The lowest BCUT2D eigenvalue weighted by atomic mass is 9.87. The van der Waals surface area contributed by atoms with Crippen molar-refractivity contribution in [1.29, 1.82) is 0 Å². The van der Waals surface area contributed by atoms with Gasteiger partial charge in [0.2, 0.25) is 0 Å². The smallest absolute Gasteiger partial charge is 0.260 e. The second-order valence-corrected chi connectivity index (χ2v) is 9.53. The minimum Gasteiger partial charge on any atom is -0.365 e. The lowest BCUT2D eigenvalue weighted by Gasteiger charge is -2.51. The fraction of sp³-hybridized carbons (Fsp3) is 0.480. The van der Waals surface area contributed by atoms with Gasteiger partial charge in [-0.15, -0.1) is 0 Å². The number of rotatable bonds is 4. The maximum atomic E-state index is 15.0. The standard InChI is InChI=1S/C25H26F4N2O2/c26-18-4-1-3-17(13-18)14-21(29)30-11-9-25(10-12-30)16-31(15-24(33-25)7-8-24)23(32)22-19(27)5-2-6-20(22)28/h1-6,13,21H,7-12,14-16H2. The van der Waals surface area contributed by atoms with Crippen molar-refractivity contribution < 1.29 is 27.1 Å². The molecule has 0 aromatic heterocycles. The van der Waals surface area contributed by atoms with Gasteiger partial charge in [0.05, 0.1) is 24.3 Å². The summed E-state index contributed by atoms with van der Waals surface area (Å²) in [7, 11) is 0. The number of hydrogen-bond donors (Lipinski definition) is 0. The van der Waals surface area contributed by atoms with Crippen molar-refractivity contribution in [3.63, 3.8) is 0 Å². The molecule has 3 aliphatic rings. The number of carbonyl (C=O) groups is 1. The summed E-state index contributed by atoms with van der Waals surface area (Å²) < 4.78 is 63.4. The minimum atomic E-state index is -1.26. The van der Waals surface area contributed by atoms with E-state index in [0.29, 0.717) is 38.0 Å². The number of benzene rings is 2. The van der Waals surface area contributed by atoms with Gasteiger partial charge < -0.3 is 9.64 Å². The number of morpholine rings is 1. The Labute approximate surface area is 190 Å². The molecule has 2 aromatic rings. The maximum absolute atomic E-state index is 15.0. The van der Waals surface area contributed by atoms with Crippen LogP contribution < -0.4 is 0 Å². The molecule has 1 amide bonds. The Hall–Kier alpha value is -2.45. The summed E-state index contributed by atoms with van der Waals surface area (Å²) in [4.78, 5) is 16.3. The topological polar surface area (TPSA) is 32.8 Å². The van der Waals surface area contributed by atoms with Gasteiger partial charge in [-0.3, -0.25) is 9.69 Å². The average Bonchev–Trinajstić information content (AvgIpc) is 3.51. The van der Waals surface area contributed by atoms with Crippen molar-refractivity contribution in [3.8, 4) is 0 Å². The predicted octanol–water partition coefficient (Wildman–Crippen LogP) is 4.48. The number of nitrogens with zero attached hydrogens (tertiary/aromatic N) is 2. The Balaban J connectivity index is 1.28. The van der Waals surface area contributed by atoms with Crippen LogP contribution in [0.15, 0.2) is 42.5 Å². The third-order valence-corrected chi connectivity index (χ3v) is 7.06. The molecule has 2 aromatic carbocycles. The zero-order valence-electron chi connectivity index (χ0n) is 18.2. The van der Waals surface area contributed by atoms with Gasteiger partial charge in [-0.25, -0.2) is 17.6 Å². The molecule has 1 saturated carbocycles. The highest BCUT2D eigenvalue weighted by atomic mass is 19.1. The van der Waals surface area contributed by atoms with E-state index in [1.165, 1.54) is 23.1 Å². The first-order valence-electron chi connectivity index (χ1n) is 11.3. The summed E-state index contributed by atoms with van der Waals surface area (Å²) in [6.45, 7) is 1.36. The third-order valence-electron chi connectivity index (χ3n) is 7.06. The predicted molar refractivity (Wildman–Crippen MR) is 114 cm³/mol. The third kappa shape index (κ3) is 4.51. The molecule has 8 heteroatoms. The number of alkyl halides is 1. The first kappa shape index (κ1) is 22.3. The molecule has 5 rings (SSSR count). The summed E-state index contributed by atoms with van der Waals surface area (Å²) in [6, 6.07) is 9.33. The zero-order valence-corrected chi connectivity index (χ0v) is 18.2. The molecule has 2 aliphatic heterocycles. The van der Waals surface area contributed by atoms with Gasteiger partial charge in [0, 0.05) is 19.5 Å². The normalized spacial score (nSPS) is 22.5. The van der Waals surface area contributed by atoms with Gasteiger partial charge in [-0.05, 0) is 55.5 Å². The van der Waals surface area contributed by atoms with Crippen molar-refractivity contribution >= 4 is 5.91 Å². The maximum Gasteiger partial charge on any atom is 0.260 e. The van der Waals surface area contributed by atoms with Crippen molar-refractivity contribution in [2.75, 3.05) is 26.2 Å². The van der Waals surface area contributed by atoms with Gasteiger partial charge in [-0.2, -0.15) is 0 Å². The molecule has 2 saturated heterocycles. The van der Waals surface area contributed by atoms with Crippen LogP contribution in [0, 0.1) is 17.5 Å². The quantitative estimate of drug-likeness (QED) is 0.496. The first-order chi connectivity index (χ1) is 15.8. The highest BCUT2D eigenvalue weighted by Crippen LogP contribution is 2.49. The van der Waals surface area contributed by atoms with E-state index in [1.54, 1.807) is 17.0 Å². The van der Waals surface area contributed by atoms with E-state index in [-0.39, 0.29) is 13.0 Å². The van der Waals surface area contributed by atoms with Crippen LogP contribution in [0.25, 0.3) is 0 Å². The highest BCUT2D eigenvalue weighted by Gasteiger charge is 2.57. The molecule has 3 fully saturated rings. The molecule has 0 bridgehead atoms. The van der Waals surface area contributed by atoms with Crippen LogP contribution in [0.3, 0.4) is 0 Å². The summed E-state index contributed by atoms with van der Waals surface area (Å²) in [5.41, 5.74) is -1.09. The van der Waals surface area contributed by atoms with E-state index in [1.807, 2.05) is 0 Å². The van der Waals surface area contributed by atoms with E-state index >= 15 is 0 Å². The Morgan fingerprint density at radius 3 is 2.15 bits per heavy atom. The largest absolute Gasteiger partial charge is 0.365 e. The number of piperidine rings is 1. The minimum absolute atomic E-state index is 0.0900. The Morgan fingerprint density at radius 1 is 0.939 bits per heavy atom. The molecule has 1 unspecified atom stereocenters. The van der Waals surface area contributed by atoms with Crippen LogP contribution in [-0.4, -0.2) is 59.4 Å². The van der Waals surface area contributed by atoms with Crippen molar-refractivity contribution in [1.82, 2.24) is 9.80 Å². The molecule has 176 valence electrons. The SMILES string of the molecule is O=C(c1c(F)cccc1F)N1CC2(CCN(C(F)Cc3cccc(F)c3)CC2)OC2(CC2)C1. The van der Waals surface area contributed by atoms with Crippen LogP contribution in [0.4, 0.5) is 17.6 Å². The number of ether oxygens (including phenoxy) is 1. The molecular weight excluding hydrogens is 436 g/mol. The summed E-state index contributed by atoms with van der Waals surface area (Å²) in [6.07, 6.45) is 1.41. The second kappa shape index (κ2) is 8.40. The van der Waals surface area contributed by atoms with E-state index in [2.05, 4.69) is 0 Å². The van der Waals surface area contributed by atoms with Gasteiger partial charge in [0.15, 0.2) is 6.30 Å². The molecule has 33 heavy (non-hydrogen) atoms. The number of carbonyl (C=O) groups excluding carboxylic acids is 1. The number of hydrogen-bond acceptors (Lipinski definition) is 3. The summed E-state index contributed by atoms with van der Waals surface area (Å²) in [5, 5.41) is 0. The molecule has 2 heterocycles. The molecule has 1 atom stereocenters. The fourth-order valence-corrected chi connectivity index (χ4v) is 5.14. The Kier molecular flexibility index (Phi) is 5.69. The average molecular weight is 462 g/mol. The fourth-order valence-electron chi connectivity index (χ4n) is 5.14.